The zero-order chi connectivity index (χ0) is 25.9. The lowest BCUT2D eigenvalue weighted by molar-refractivity contribution is -0.131. The van der Waals surface area contributed by atoms with Gasteiger partial charge in [-0.1, -0.05) is 17.8 Å². The lowest BCUT2D eigenvalue weighted by Crippen LogP contribution is -2.46. The van der Waals surface area contributed by atoms with Crippen LogP contribution in [0, 0.1) is 23.1 Å². The fourth-order valence-corrected chi connectivity index (χ4v) is 6.71. The highest BCUT2D eigenvalue weighted by Gasteiger charge is 2.71. The van der Waals surface area contributed by atoms with E-state index in [9.17, 15) is 13.6 Å². The smallest absolute Gasteiger partial charge is 0.239 e. The van der Waals surface area contributed by atoms with Gasteiger partial charge in [0.1, 0.15) is 28.1 Å². The Morgan fingerprint density at radius 2 is 2.11 bits per heavy atom. The van der Waals surface area contributed by atoms with E-state index < -0.39 is 27.6 Å². The zero-order valence-corrected chi connectivity index (χ0v) is 20.6. The van der Waals surface area contributed by atoms with Crippen LogP contribution in [0.3, 0.4) is 0 Å². The van der Waals surface area contributed by atoms with E-state index in [1.165, 1.54) is 54.4 Å². The first-order valence-electron chi connectivity index (χ1n) is 11.5. The van der Waals surface area contributed by atoms with Crippen LogP contribution in [0.15, 0.2) is 41.5 Å². The normalized spacial score (nSPS) is 31.4. The van der Waals surface area contributed by atoms with Crippen molar-refractivity contribution in [3.63, 3.8) is 0 Å². The molecule has 1 saturated carbocycles. The van der Waals surface area contributed by atoms with Crippen molar-refractivity contribution in [3.8, 4) is 6.07 Å². The molecule has 1 aliphatic carbocycles. The van der Waals surface area contributed by atoms with Gasteiger partial charge >= 0.3 is 0 Å². The molecule has 2 N–H and O–H groups in total. The average Bonchev–Trinajstić information content (AvgIpc) is 3.48. The summed E-state index contributed by atoms with van der Waals surface area (Å²) in [5.41, 5.74) is 4.50. The molecule has 1 saturated heterocycles. The van der Waals surface area contributed by atoms with E-state index in [-0.39, 0.29) is 41.2 Å². The number of fused-ring (bicyclic) bond motifs is 1. The third-order valence-corrected chi connectivity index (χ3v) is 8.55. The van der Waals surface area contributed by atoms with Gasteiger partial charge in [0.2, 0.25) is 5.91 Å². The van der Waals surface area contributed by atoms with Crippen LogP contribution in [0.1, 0.15) is 49.1 Å². The molecule has 1 aromatic heterocycles. The predicted octanol–water partition coefficient (Wildman–Crippen LogP) is 4.56. The summed E-state index contributed by atoms with van der Waals surface area (Å²) < 4.78 is 43.5. The number of nitrogens with two attached hydrogens (primary N) is 1. The van der Waals surface area contributed by atoms with E-state index in [4.69, 9.17) is 11.0 Å². The molecule has 6 nitrogen and oxygen atoms in total. The Morgan fingerprint density at radius 1 is 1.33 bits per heavy atom. The van der Waals surface area contributed by atoms with Crippen molar-refractivity contribution in [2.75, 3.05) is 13.1 Å². The second-order valence-corrected chi connectivity index (χ2v) is 11.4. The van der Waals surface area contributed by atoms with Gasteiger partial charge < -0.3 is 10.6 Å². The van der Waals surface area contributed by atoms with Gasteiger partial charge in [0.05, 0.1) is 23.3 Å². The van der Waals surface area contributed by atoms with E-state index in [0.717, 1.165) is 11.8 Å². The summed E-state index contributed by atoms with van der Waals surface area (Å²) in [6.07, 6.45) is 3.20. The molecule has 1 aromatic carbocycles. The molecule has 3 heterocycles. The summed E-state index contributed by atoms with van der Waals surface area (Å²) in [6, 6.07) is 8.96. The van der Waals surface area contributed by atoms with Crippen molar-refractivity contribution in [2.45, 2.75) is 42.6 Å². The maximum Gasteiger partial charge on any atom is 0.239 e. The third kappa shape index (κ3) is 4.05. The number of amides is 1. The molecule has 1 unspecified atom stereocenters. The number of nitrogens with zero attached hydrogens (tertiary/aromatic N) is 4. The van der Waals surface area contributed by atoms with Crippen molar-refractivity contribution in [1.82, 2.24) is 9.88 Å². The molecule has 0 spiro atoms. The quantitative estimate of drug-likeness (QED) is 0.650. The minimum Gasteiger partial charge on any atom is -0.378 e. The van der Waals surface area contributed by atoms with Crippen LogP contribution in [-0.2, 0) is 10.3 Å². The lowest BCUT2D eigenvalue weighted by Gasteiger charge is -2.35. The Hall–Kier alpha value is -3.32. The Kier molecular flexibility index (Phi) is 5.67. The summed E-state index contributed by atoms with van der Waals surface area (Å²) in [7, 11) is 0. The lowest BCUT2D eigenvalue weighted by atomic mass is 9.84. The van der Waals surface area contributed by atoms with Crippen LogP contribution in [0.25, 0.3) is 11.9 Å². The van der Waals surface area contributed by atoms with Gasteiger partial charge in [0.25, 0.3) is 0 Å². The number of pyridine rings is 1. The zero-order valence-electron chi connectivity index (χ0n) is 19.8. The summed E-state index contributed by atoms with van der Waals surface area (Å²) in [6.45, 7) is 3.56. The number of nitriles is 1. The largest absolute Gasteiger partial charge is 0.378 e. The number of alkyl halides is 1. The fraction of sp³-hybridized carbons (Fsp3) is 0.385. The molecular formula is C26H24F3N5OS. The summed E-state index contributed by atoms with van der Waals surface area (Å²) in [5, 5.41) is 9.05. The molecule has 1 amide bonds. The molecule has 186 valence electrons. The van der Waals surface area contributed by atoms with Crippen LogP contribution in [0.4, 0.5) is 13.2 Å². The molecule has 2 aliphatic heterocycles. The molecule has 10 heteroatoms. The highest BCUT2D eigenvalue weighted by molar-refractivity contribution is 8.15. The molecule has 36 heavy (non-hydrogen) atoms. The van der Waals surface area contributed by atoms with E-state index >= 15 is 4.39 Å². The van der Waals surface area contributed by atoms with Gasteiger partial charge in [-0.2, -0.15) is 5.26 Å². The fourth-order valence-electron chi connectivity index (χ4n) is 5.26. The van der Waals surface area contributed by atoms with Gasteiger partial charge in [-0.05, 0) is 56.2 Å². The number of halogens is 3. The number of benzene rings is 1. The van der Waals surface area contributed by atoms with Gasteiger partial charge in [0.15, 0.2) is 5.17 Å². The van der Waals surface area contributed by atoms with Crippen LogP contribution >= 0.6 is 11.8 Å². The molecule has 5 rings (SSSR count). The predicted molar refractivity (Wildman–Crippen MR) is 132 cm³/mol. The number of hydrogen-bond acceptors (Lipinski definition) is 6. The van der Waals surface area contributed by atoms with Crippen LogP contribution in [0.2, 0.25) is 0 Å². The number of rotatable bonds is 4. The SMILES string of the molecule is CC1(F)CCN(C(=O)[C@]23C[C@H]2[C@@](C)(c2cc(/C=C(\F)c4ccc(C#N)cn4)ccc2F)N=C(N)S3)C1. The van der Waals surface area contributed by atoms with Crippen molar-refractivity contribution in [3.05, 3.63) is 64.7 Å². The topological polar surface area (TPSA) is 95.4 Å². The number of thioether (sulfide) groups is 1. The number of likely N-dealkylation sites (tertiary alicyclic amines) is 1. The summed E-state index contributed by atoms with van der Waals surface area (Å²) in [5.74, 6) is -1.73. The van der Waals surface area contributed by atoms with Gasteiger partial charge in [-0.3, -0.25) is 14.8 Å². The van der Waals surface area contributed by atoms with Gasteiger partial charge in [0, 0.05) is 30.6 Å². The van der Waals surface area contributed by atoms with E-state index in [0.29, 0.717) is 24.1 Å². The Bertz CT molecular complexity index is 1350. The van der Waals surface area contributed by atoms with Crippen molar-refractivity contribution < 1.29 is 18.0 Å². The Balaban J connectivity index is 1.47. The van der Waals surface area contributed by atoms with Gasteiger partial charge in [-0.15, -0.1) is 0 Å². The Labute approximate surface area is 211 Å². The highest BCUT2D eigenvalue weighted by Crippen LogP contribution is 2.66. The summed E-state index contributed by atoms with van der Waals surface area (Å²) in [4.78, 5) is 23.5. The van der Waals surface area contributed by atoms with Crippen LogP contribution in [-0.4, -0.2) is 44.5 Å². The first-order chi connectivity index (χ1) is 17.0. The maximum atomic E-state index is 15.2. The second-order valence-electron chi connectivity index (χ2n) is 10.0. The number of carbonyl (C=O) groups excluding carboxylic acids is 1. The minimum absolute atomic E-state index is 0.0198. The van der Waals surface area contributed by atoms with Crippen LogP contribution < -0.4 is 5.73 Å². The first kappa shape index (κ1) is 24.4. The molecule has 0 radical (unpaired) electrons. The van der Waals surface area contributed by atoms with Gasteiger partial charge in [-0.25, -0.2) is 13.2 Å². The third-order valence-electron chi connectivity index (χ3n) is 7.26. The maximum absolute atomic E-state index is 15.2. The van der Waals surface area contributed by atoms with Crippen molar-refractivity contribution in [1.29, 1.82) is 5.26 Å². The van der Waals surface area contributed by atoms with E-state index in [2.05, 4.69) is 9.98 Å². The van der Waals surface area contributed by atoms with Crippen LogP contribution in [0.5, 0.6) is 0 Å². The number of amidine groups is 1. The standard InChI is InChI=1S/C26H24F3N5OS/c1-24(29)7-8-34(14-24)22(35)26-11-21(26)25(2,33-23(31)36-26)17-9-15(3-5-18(17)27)10-19(28)20-6-4-16(12-30)13-32-20/h3-6,9-10,13,21H,7-8,11,14H2,1-2H3,(H2,31,33)/b19-10-/t21-,24?,25+,26-/m0/s1. The molecule has 2 fully saturated rings. The monoisotopic (exact) mass is 511 g/mol. The number of aromatic nitrogens is 1. The second kappa shape index (κ2) is 8.37. The molecule has 4 atom stereocenters. The van der Waals surface area contributed by atoms with E-state index in [1.54, 1.807) is 6.92 Å². The highest BCUT2D eigenvalue weighted by atomic mass is 32.2. The molecule has 3 aliphatic rings. The first-order valence-corrected chi connectivity index (χ1v) is 12.4. The minimum atomic E-state index is -1.43. The molecular weight excluding hydrogens is 487 g/mol. The summed E-state index contributed by atoms with van der Waals surface area (Å²) >= 11 is 1.16. The molecule has 2 aromatic rings. The Morgan fingerprint density at radius 3 is 2.75 bits per heavy atom. The van der Waals surface area contributed by atoms with E-state index in [1.807, 2.05) is 6.07 Å². The number of aliphatic imine (C=N–C) groups is 1. The van der Waals surface area contributed by atoms with Crippen molar-refractivity contribution in [2.24, 2.45) is 16.6 Å². The number of hydrogen-bond donors (Lipinski definition) is 1. The number of carbonyl (C=O) groups is 1. The molecule has 0 bridgehead atoms. The average molecular weight is 512 g/mol. The van der Waals surface area contributed by atoms with Crippen molar-refractivity contribution >= 4 is 34.7 Å².